The Morgan fingerprint density at radius 2 is 2.10 bits per heavy atom. The third kappa shape index (κ3) is 2.62. The highest BCUT2D eigenvalue weighted by Crippen LogP contribution is 2.26. The maximum absolute atomic E-state index is 11.2. The molecule has 110 valence electrons. The number of hydrogen-bond donors (Lipinski definition) is 1. The topological polar surface area (TPSA) is 98.3 Å². The first-order valence-electron chi connectivity index (χ1n) is 6.36. The molecule has 21 heavy (non-hydrogen) atoms. The molecule has 0 radical (unpaired) electrons. The lowest BCUT2D eigenvalue weighted by Gasteiger charge is -2.08. The number of hydrogen-bond acceptors (Lipinski definition) is 4. The molecule has 0 saturated heterocycles. The number of nitro benzene ring substituents is 1. The number of aromatic nitrogens is 2. The molecule has 0 bridgehead atoms. The quantitative estimate of drug-likeness (QED) is 0.689. The van der Waals surface area contributed by atoms with E-state index in [9.17, 15) is 14.9 Å². The highest BCUT2D eigenvalue weighted by molar-refractivity contribution is 5.76. The Hall–Kier alpha value is -2.70. The van der Waals surface area contributed by atoms with Crippen LogP contribution in [0.25, 0.3) is 5.69 Å². The number of benzene rings is 1. The summed E-state index contributed by atoms with van der Waals surface area (Å²) in [5, 5.41) is 24.3. The summed E-state index contributed by atoms with van der Waals surface area (Å²) in [6.45, 7) is 5.08. The minimum Gasteiger partial charge on any atom is -0.481 e. The maximum atomic E-state index is 11.2. The molecule has 0 aliphatic rings. The molecule has 1 unspecified atom stereocenters. The zero-order valence-corrected chi connectivity index (χ0v) is 11.9. The summed E-state index contributed by atoms with van der Waals surface area (Å²) < 4.78 is 1.54. The molecule has 1 heterocycles. The Bertz CT molecular complexity index is 721. The minimum atomic E-state index is -0.931. The lowest BCUT2D eigenvalue weighted by atomic mass is 9.99. The molecule has 2 aromatic rings. The molecule has 0 spiro atoms. The van der Waals surface area contributed by atoms with E-state index < -0.39 is 16.8 Å². The van der Waals surface area contributed by atoms with Gasteiger partial charge in [-0.3, -0.25) is 14.9 Å². The molecular weight excluding hydrogens is 274 g/mol. The average Bonchev–Trinajstić information content (AvgIpc) is 2.73. The fraction of sp³-hybridized carbons (Fsp3) is 0.286. The number of non-ortho nitro benzene ring substituents is 1. The van der Waals surface area contributed by atoms with Gasteiger partial charge in [0.05, 0.1) is 22.2 Å². The van der Waals surface area contributed by atoms with Gasteiger partial charge >= 0.3 is 5.97 Å². The SMILES string of the molecule is Cc1nn(-c2cccc([N+](=O)[O-])c2)c(C)c1C(C)C(=O)O. The Morgan fingerprint density at radius 1 is 1.43 bits per heavy atom. The van der Waals surface area contributed by atoms with Crippen molar-refractivity contribution in [1.82, 2.24) is 9.78 Å². The van der Waals surface area contributed by atoms with Gasteiger partial charge in [-0.1, -0.05) is 6.07 Å². The van der Waals surface area contributed by atoms with Gasteiger partial charge in [0.2, 0.25) is 0 Å². The van der Waals surface area contributed by atoms with Crippen LogP contribution in [0.1, 0.15) is 29.8 Å². The van der Waals surface area contributed by atoms with Crippen LogP contribution in [0.3, 0.4) is 0 Å². The average molecular weight is 289 g/mol. The molecule has 7 nitrogen and oxygen atoms in total. The van der Waals surface area contributed by atoms with Crippen LogP contribution in [0, 0.1) is 24.0 Å². The Kier molecular flexibility index (Phi) is 3.75. The number of carbonyl (C=O) groups is 1. The van der Waals surface area contributed by atoms with Crippen molar-refractivity contribution in [3.63, 3.8) is 0 Å². The third-order valence-corrected chi connectivity index (χ3v) is 3.44. The lowest BCUT2D eigenvalue weighted by Crippen LogP contribution is -2.09. The third-order valence-electron chi connectivity index (χ3n) is 3.44. The zero-order chi connectivity index (χ0) is 15.7. The van der Waals surface area contributed by atoms with E-state index in [-0.39, 0.29) is 5.69 Å². The predicted molar refractivity (Wildman–Crippen MR) is 75.7 cm³/mol. The number of nitrogens with zero attached hydrogens (tertiary/aromatic N) is 3. The summed E-state index contributed by atoms with van der Waals surface area (Å²) in [6, 6.07) is 6.08. The van der Waals surface area contributed by atoms with Crippen LogP contribution in [0.15, 0.2) is 24.3 Å². The summed E-state index contributed by atoms with van der Waals surface area (Å²) >= 11 is 0. The van der Waals surface area contributed by atoms with E-state index in [0.29, 0.717) is 22.6 Å². The van der Waals surface area contributed by atoms with Crippen LogP contribution in [0.2, 0.25) is 0 Å². The molecule has 1 atom stereocenters. The molecule has 0 aliphatic carbocycles. The zero-order valence-electron chi connectivity index (χ0n) is 11.9. The summed E-state index contributed by atoms with van der Waals surface area (Å²) in [7, 11) is 0. The van der Waals surface area contributed by atoms with Crippen molar-refractivity contribution in [2.45, 2.75) is 26.7 Å². The Labute approximate surface area is 121 Å². The molecule has 0 aliphatic heterocycles. The Balaban J connectivity index is 2.56. The van der Waals surface area contributed by atoms with Gasteiger partial charge in [-0.2, -0.15) is 5.10 Å². The first kappa shape index (κ1) is 14.7. The fourth-order valence-electron chi connectivity index (χ4n) is 2.39. The number of carboxylic acids is 1. The number of carboxylic acid groups (broad SMARTS) is 1. The minimum absolute atomic E-state index is 0.0344. The molecule has 0 amide bonds. The lowest BCUT2D eigenvalue weighted by molar-refractivity contribution is -0.384. The molecule has 0 fully saturated rings. The van der Waals surface area contributed by atoms with Gasteiger partial charge in [-0.25, -0.2) is 4.68 Å². The second kappa shape index (κ2) is 5.35. The molecule has 2 rings (SSSR count). The highest BCUT2D eigenvalue weighted by Gasteiger charge is 2.23. The van der Waals surface area contributed by atoms with Gasteiger partial charge in [-0.15, -0.1) is 0 Å². The van der Waals surface area contributed by atoms with E-state index >= 15 is 0 Å². The van der Waals surface area contributed by atoms with E-state index in [1.807, 2.05) is 0 Å². The van der Waals surface area contributed by atoms with Crippen molar-refractivity contribution < 1.29 is 14.8 Å². The monoisotopic (exact) mass is 289 g/mol. The second-order valence-corrected chi connectivity index (χ2v) is 4.83. The first-order chi connectivity index (χ1) is 9.82. The van der Waals surface area contributed by atoms with E-state index in [4.69, 9.17) is 5.11 Å². The summed E-state index contributed by atoms with van der Waals surface area (Å²) in [5.41, 5.74) is 2.41. The van der Waals surface area contributed by atoms with Crippen LogP contribution in [-0.2, 0) is 4.79 Å². The van der Waals surface area contributed by atoms with Crippen LogP contribution >= 0.6 is 0 Å². The Morgan fingerprint density at radius 3 is 2.67 bits per heavy atom. The number of aryl methyl sites for hydroxylation is 1. The smallest absolute Gasteiger partial charge is 0.310 e. The van der Waals surface area contributed by atoms with E-state index in [2.05, 4.69) is 5.10 Å². The standard InChI is InChI=1S/C14H15N3O4/c1-8(14(18)19)13-9(2)15-16(10(13)3)11-5-4-6-12(7-11)17(20)21/h4-8H,1-3H3,(H,18,19). The van der Waals surface area contributed by atoms with Crippen LogP contribution in [-0.4, -0.2) is 25.8 Å². The van der Waals surface area contributed by atoms with Crippen LogP contribution in [0.5, 0.6) is 0 Å². The summed E-state index contributed by atoms with van der Waals surface area (Å²) in [4.78, 5) is 21.5. The van der Waals surface area contributed by atoms with Crippen molar-refractivity contribution in [2.24, 2.45) is 0 Å². The van der Waals surface area contributed by atoms with Crippen molar-refractivity contribution >= 4 is 11.7 Å². The highest BCUT2D eigenvalue weighted by atomic mass is 16.6. The van der Waals surface area contributed by atoms with Crippen molar-refractivity contribution in [3.05, 3.63) is 51.3 Å². The predicted octanol–water partition coefficient (Wildman–Crippen LogP) is 2.59. The molecule has 7 heteroatoms. The van der Waals surface area contributed by atoms with Crippen molar-refractivity contribution in [3.8, 4) is 5.69 Å². The van der Waals surface area contributed by atoms with Gasteiger partial charge in [0.15, 0.2) is 0 Å². The normalized spacial score (nSPS) is 12.1. The van der Waals surface area contributed by atoms with Gasteiger partial charge < -0.3 is 5.11 Å². The van der Waals surface area contributed by atoms with Gasteiger partial charge in [0.1, 0.15) is 0 Å². The van der Waals surface area contributed by atoms with Gasteiger partial charge in [-0.05, 0) is 26.8 Å². The summed E-state index contributed by atoms with van der Waals surface area (Å²) in [6.07, 6.45) is 0. The van der Waals surface area contributed by atoms with Crippen LogP contribution < -0.4 is 0 Å². The summed E-state index contributed by atoms with van der Waals surface area (Å²) in [5.74, 6) is -1.61. The number of rotatable bonds is 4. The molecule has 1 aromatic carbocycles. The maximum Gasteiger partial charge on any atom is 0.310 e. The van der Waals surface area contributed by atoms with E-state index in [1.165, 1.54) is 16.8 Å². The van der Waals surface area contributed by atoms with E-state index in [1.54, 1.807) is 32.9 Å². The molecule has 1 aromatic heterocycles. The number of nitro groups is 1. The second-order valence-electron chi connectivity index (χ2n) is 4.83. The van der Waals surface area contributed by atoms with E-state index in [0.717, 1.165) is 0 Å². The van der Waals surface area contributed by atoms with Gasteiger partial charge in [0, 0.05) is 23.4 Å². The van der Waals surface area contributed by atoms with Crippen LogP contribution in [0.4, 0.5) is 5.69 Å². The first-order valence-corrected chi connectivity index (χ1v) is 6.36. The van der Waals surface area contributed by atoms with Crippen molar-refractivity contribution in [1.29, 1.82) is 0 Å². The molecule has 0 saturated carbocycles. The molecule has 1 N–H and O–H groups in total. The molecular formula is C14H15N3O4. The van der Waals surface area contributed by atoms with Crippen molar-refractivity contribution in [2.75, 3.05) is 0 Å². The fourth-order valence-corrected chi connectivity index (χ4v) is 2.39. The van der Waals surface area contributed by atoms with Gasteiger partial charge in [0.25, 0.3) is 5.69 Å². The largest absolute Gasteiger partial charge is 0.481 e. The number of aliphatic carboxylic acids is 1.